The molecular formula is C27H32ClF3N6O3S. The molecule has 3 heterocycles. The molecule has 2 aliphatic rings. The number of carbonyl (C=O) groups is 1. The van der Waals surface area contributed by atoms with E-state index in [1.807, 2.05) is 30.0 Å². The Hall–Kier alpha value is -3.58. The number of hydrogen-bond acceptors (Lipinski definition) is 7. The number of sulfonamides is 1. The molecule has 0 unspecified atom stereocenters. The number of anilines is 3. The van der Waals surface area contributed by atoms with Gasteiger partial charge in [0, 0.05) is 58.2 Å². The third kappa shape index (κ3) is 6.35. The van der Waals surface area contributed by atoms with Crippen LogP contribution < -0.4 is 14.5 Å². The first kappa shape index (κ1) is 28.9. The Morgan fingerprint density at radius 3 is 2.44 bits per heavy atom. The van der Waals surface area contributed by atoms with Gasteiger partial charge in [0.2, 0.25) is 11.7 Å². The number of nitrogens with zero attached hydrogens (tertiary/aromatic N) is 5. The third-order valence-corrected chi connectivity index (χ3v) is 8.88. The molecule has 1 fully saturated rings. The maximum atomic E-state index is 13.4. The number of halogens is 4. The molecule has 1 atom stereocenters. The molecule has 0 bridgehead atoms. The number of fused-ring (bicyclic) bond motifs is 1. The molecule has 2 aromatic carbocycles. The van der Waals surface area contributed by atoms with Crippen LogP contribution in [0.15, 0.2) is 59.6 Å². The van der Waals surface area contributed by atoms with Crippen molar-refractivity contribution in [3.63, 3.8) is 0 Å². The fourth-order valence-corrected chi connectivity index (χ4v) is 6.36. The van der Waals surface area contributed by atoms with E-state index in [-0.39, 0.29) is 19.7 Å². The third-order valence-electron chi connectivity index (χ3n) is 7.27. The topological polar surface area (TPSA) is 98.7 Å². The summed E-state index contributed by atoms with van der Waals surface area (Å²) in [5.74, 6) is -1.87. The van der Waals surface area contributed by atoms with Gasteiger partial charge in [-0.2, -0.15) is 13.2 Å². The van der Waals surface area contributed by atoms with Crippen molar-refractivity contribution in [2.45, 2.75) is 36.9 Å². The molecule has 0 radical (unpaired) electrons. The van der Waals surface area contributed by atoms with E-state index in [9.17, 15) is 26.4 Å². The number of aryl methyl sites for hydroxylation is 1. The quantitative estimate of drug-likeness (QED) is 0.421. The van der Waals surface area contributed by atoms with E-state index in [1.54, 1.807) is 12.1 Å². The van der Waals surface area contributed by atoms with Crippen LogP contribution >= 0.6 is 11.6 Å². The van der Waals surface area contributed by atoms with Crippen molar-refractivity contribution >= 4 is 44.7 Å². The molecule has 9 nitrogen and oxygen atoms in total. The summed E-state index contributed by atoms with van der Waals surface area (Å²) in [6.07, 6.45) is -2.08. The smallest absolute Gasteiger partial charge is 0.368 e. The summed E-state index contributed by atoms with van der Waals surface area (Å²) >= 11 is 6.16. The Morgan fingerprint density at radius 1 is 1.05 bits per heavy atom. The van der Waals surface area contributed by atoms with Crippen LogP contribution in [0.25, 0.3) is 0 Å². The van der Waals surface area contributed by atoms with Gasteiger partial charge >= 0.3 is 6.18 Å². The summed E-state index contributed by atoms with van der Waals surface area (Å²) in [5, 5.41) is 0.688. The van der Waals surface area contributed by atoms with Crippen LogP contribution in [0.3, 0.4) is 0 Å². The molecule has 0 saturated carbocycles. The molecule has 2 aliphatic heterocycles. The number of carbonyl (C=O) groups excluding carboxylic acids is 1. The van der Waals surface area contributed by atoms with E-state index in [0.29, 0.717) is 31.2 Å². The number of hydrogen-bond donors (Lipinski definition) is 1. The average molecular weight is 613 g/mol. The van der Waals surface area contributed by atoms with Gasteiger partial charge in [0.1, 0.15) is 11.9 Å². The minimum Gasteiger partial charge on any atom is -0.368 e. The summed E-state index contributed by atoms with van der Waals surface area (Å²) in [5.41, 5.74) is 2.97. The van der Waals surface area contributed by atoms with Gasteiger partial charge in [0.25, 0.3) is 10.0 Å². The van der Waals surface area contributed by atoms with Crippen LogP contribution in [0.2, 0.25) is 5.02 Å². The van der Waals surface area contributed by atoms with Crippen molar-refractivity contribution in [2.75, 3.05) is 47.2 Å². The highest BCUT2D eigenvalue weighted by atomic mass is 35.5. The lowest BCUT2D eigenvalue weighted by Gasteiger charge is -2.41. The van der Waals surface area contributed by atoms with E-state index < -0.39 is 27.8 Å². The van der Waals surface area contributed by atoms with E-state index >= 15 is 0 Å². The molecule has 0 aliphatic carbocycles. The van der Waals surface area contributed by atoms with Gasteiger partial charge in [-0.3, -0.25) is 9.52 Å². The van der Waals surface area contributed by atoms with Gasteiger partial charge in [-0.1, -0.05) is 11.6 Å². The molecule has 1 N–H and O–H groups in total. The highest BCUT2D eigenvalue weighted by Gasteiger charge is 2.35. The largest absolute Gasteiger partial charge is 0.451 e. The van der Waals surface area contributed by atoms with E-state index in [2.05, 4.69) is 24.5 Å². The SMILES string of the molecule is C[C@@H](C(=O)N1CCN(c2ccc(S(=O)(=O)Nc3ccnc(C(F)(F)F)n3)cc2)CC1)N1CCCc2cc(Cl)ccc21.[HH].[HH]. The minimum absolute atomic E-state index is 0. The maximum absolute atomic E-state index is 13.4. The second-order valence-electron chi connectivity index (χ2n) is 9.92. The average Bonchev–Trinajstić information content (AvgIpc) is 2.95. The number of aromatic nitrogens is 2. The summed E-state index contributed by atoms with van der Waals surface area (Å²) in [7, 11) is -4.18. The Morgan fingerprint density at radius 2 is 1.76 bits per heavy atom. The van der Waals surface area contributed by atoms with Gasteiger partial charge in [-0.15, -0.1) is 0 Å². The second kappa shape index (κ2) is 11.4. The molecule has 0 spiro atoms. The highest BCUT2D eigenvalue weighted by Crippen LogP contribution is 2.32. The number of benzene rings is 2. The zero-order valence-corrected chi connectivity index (χ0v) is 23.7. The van der Waals surface area contributed by atoms with Gasteiger partial charge in [0.05, 0.1) is 4.90 Å². The summed E-state index contributed by atoms with van der Waals surface area (Å²) in [6.45, 7) is 4.89. The monoisotopic (exact) mass is 612 g/mol. The Labute approximate surface area is 244 Å². The van der Waals surface area contributed by atoms with Crippen LogP contribution in [-0.4, -0.2) is 68.0 Å². The zero-order chi connectivity index (χ0) is 29.4. The maximum Gasteiger partial charge on any atom is 0.451 e. The molecule has 1 amide bonds. The number of amides is 1. The molecule has 5 rings (SSSR count). The van der Waals surface area contributed by atoms with Crippen LogP contribution in [0.1, 0.15) is 27.6 Å². The second-order valence-corrected chi connectivity index (χ2v) is 12.0. The lowest BCUT2D eigenvalue weighted by molar-refractivity contribution is -0.144. The molecule has 222 valence electrons. The molecule has 1 aromatic heterocycles. The van der Waals surface area contributed by atoms with E-state index in [1.165, 1.54) is 12.1 Å². The molecule has 1 saturated heterocycles. The normalized spacial score (nSPS) is 16.8. The highest BCUT2D eigenvalue weighted by molar-refractivity contribution is 7.92. The number of alkyl halides is 3. The first-order valence-electron chi connectivity index (χ1n) is 13.0. The van der Waals surface area contributed by atoms with Crippen molar-refractivity contribution in [1.82, 2.24) is 14.9 Å². The fraction of sp³-hybridized carbons (Fsp3) is 0.370. The van der Waals surface area contributed by atoms with Gasteiger partial charge in [-0.05, 0) is 73.9 Å². The Balaban J connectivity index is 0.00000253. The molecular weight excluding hydrogens is 581 g/mol. The van der Waals surface area contributed by atoms with Crippen LogP contribution in [0.4, 0.5) is 30.4 Å². The molecule has 41 heavy (non-hydrogen) atoms. The van der Waals surface area contributed by atoms with Crippen LogP contribution in [0, 0.1) is 0 Å². The number of piperazine rings is 1. The van der Waals surface area contributed by atoms with Gasteiger partial charge in [0.15, 0.2) is 0 Å². The first-order chi connectivity index (χ1) is 19.4. The van der Waals surface area contributed by atoms with Crippen molar-refractivity contribution in [3.05, 3.63) is 71.1 Å². The lowest BCUT2D eigenvalue weighted by Crippen LogP contribution is -2.55. The summed E-state index contributed by atoms with van der Waals surface area (Å²) in [6, 6.07) is 12.5. The molecule has 3 aromatic rings. The van der Waals surface area contributed by atoms with Crippen LogP contribution in [-0.2, 0) is 27.4 Å². The summed E-state index contributed by atoms with van der Waals surface area (Å²) < 4.78 is 66.1. The van der Waals surface area contributed by atoms with Gasteiger partial charge in [-0.25, -0.2) is 18.4 Å². The number of rotatable bonds is 6. The van der Waals surface area contributed by atoms with Gasteiger partial charge < -0.3 is 14.7 Å². The fourth-order valence-electron chi connectivity index (χ4n) is 5.16. The molecule has 14 heteroatoms. The summed E-state index contributed by atoms with van der Waals surface area (Å²) in [4.78, 5) is 25.7. The standard InChI is InChI=1S/C27H28ClF3N6O3S.2H2/c1-18(37-12-2-3-19-17-20(28)4-9-23(19)37)25(38)36-15-13-35(14-16-36)21-5-7-22(8-6-21)41(39,40)34-24-10-11-32-26(33-24)27(29,30)31;;/h4-11,17-18H,2-3,12-16H2,1H3,(H,32,33,34);2*1H/t18-;;/m0../s1. The predicted octanol–water partition coefficient (Wildman–Crippen LogP) is 4.93. The van der Waals surface area contributed by atoms with E-state index in [0.717, 1.165) is 48.6 Å². The Kier molecular flexibility index (Phi) is 8.02. The van der Waals surface area contributed by atoms with E-state index in [4.69, 9.17) is 11.6 Å². The lowest BCUT2D eigenvalue weighted by atomic mass is 10.00. The minimum atomic E-state index is -4.80. The first-order valence-corrected chi connectivity index (χ1v) is 14.9. The predicted molar refractivity (Wildman–Crippen MR) is 154 cm³/mol. The van der Waals surface area contributed by atoms with Crippen molar-refractivity contribution in [3.8, 4) is 0 Å². The van der Waals surface area contributed by atoms with Crippen molar-refractivity contribution < 1.29 is 29.2 Å². The zero-order valence-electron chi connectivity index (χ0n) is 22.1. The van der Waals surface area contributed by atoms with Crippen LogP contribution in [0.5, 0.6) is 0 Å². The Bertz CT molecular complexity index is 1540. The number of nitrogens with one attached hydrogen (secondary N) is 1. The van der Waals surface area contributed by atoms with Crippen molar-refractivity contribution in [1.29, 1.82) is 0 Å². The van der Waals surface area contributed by atoms with Crippen molar-refractivity contribution in [2.24, 2.45) is 0 Å².